The molecule has 0 aliphatic carbocycles. The largest absolute Gasteiger partial charge is 0.357 e. The Labute approximate surface area is 152 Å². The fourth-order valence-corrected chi connectivity index (χ4v) is 3.70. The minimum Gasteiger partial charge on any atom is -0.357 e. The summed E-state index contributed by atoms with van der Waals surface area (Å²) in [6, 6.07) is 6.49. The number of hydrogen-bond acceptors (Lipinski definition) is 5. The lowest BCUT2D eigenvalue weighted by molar-refractivity contribution is 0.597. The summed E-state index contributed by atoms with van der Waals surface area (Å²) in [4.78, 5) is 10.2. The summed E-state index contributed by atoms with van der Waals surface area (Å²) in [6.45, 7) is 7.67. The van der Waals surface area contributed by atoms with E-state index in [2.05, 4.69) is 20.6 Å². The third-order valence-electron chi connectivity index (χ3n) is 3.41. The summed E-state index contributed by atoms with van der Waals surface area (Å²) in [5, 5.41) is 12.6. The molecule has 9 heteroatoms. The summed E-state index contributed by atoms with van der Waals surface area (Å²) in [5.74, 6) is 0.661. The van der Waals surface area contributed by atoms with E-state index in [4.69, 9.17) is 5.14 Å². The molecule has 1 aromatic heterocycles. The second kappa shape index (κ2) is 8.41. The van der Waals surface area contributed by atoms with Crippen LogP contribution in [0.25, 0.3) is 0 Å². The number of benzene rings is 1. The van der Waals surface area contributed by atoms with E-state index in [-0.39, 0.29) is 4.90 Å². The lowest BCUT2D eigenvalue weighted by atomic mass is 10.2. The Bertz CT molecular complexity index is 859. The topological polar surface area (TPSA) is 109 Å². The van der Waals surface area contributed by atoms with Gasteiger partial charge in [-0.3, -0.25) is 0 Å². The van der Waals surface area contributed by atoms with E-state index in [9.17, 15) is 8.42 Å². The number of thiazole rings is 1. The summed E-state index contributed by atoms with van der Waals surface area (Å²) in [7, 11) is -3.71. The Morgan fingerprint density at radius 2 is 2.08 bits per heavy atom. The van der Waals surface area contributed by atoms with E-state index >= 15 is 0 Å². The van der Waals surface area contributed by atoms with Crippen LogP contribution in [0, 0.1) is 13.8 Å². The molecule has 1 aromatic carbocycles. The van der Waals surface area contributed by atoms with E-state index in [0.717, 1.165) is 22.8 Å². The van der Waals surface area contributed by atoms with E-state index in [1.165, 1.54) is 10.9 Å². The van der Waals surface area contributed by atoms with Gasteiger partial charge in [0.1, 0.15) is 0 Å². The number of nitrogens with zero attached hydrogens (tertiary/aromatic N) is 2. The minimum atomic E-state index is -3.71. The summed E-state index contributed by atoms with van der Waals surface area (Å²) < 4.78 is 22.9. The molecule has 0 amide bonds. The number of aryl methyl sites for hydroxylation is 2. The summed E-state index contributed by atoms with van der Waals surface area (Å²) >= 11 is 1.66. The van der Waals surface area contributed by atoms with Gasteiger partial charge in [0.15, 0.2) is 5.96 Å². The monoisotopic (exact) mass is 381 g/mol. The van der Waals surface area contributed by atoms with Gasteiger partial charge in [-0.15, -0.1) is 11.3 Å². The third-order valence-corrected chi connectivity index (χ3v) is 5.39. The molecule has 136 valence electrons. The van der Waals surface area contributed by atoms with Crippen LogP contribution in [-0.2, 0) is 23.1 Å². The van der Waals surface area contributed by atoms with Crippen molar-refractivity contribution in [3.05, 3.63) is 45.4 Å². The van der Waals surface area contributed by atoms with Gasteiger partial charge in [0.25, 0.3) is 0 Å². The van der Waals surface area contributed by atoms with Crippen LogP contribution in [0.2, 0.25) is 0 Å². The fourth-order valence-electron chi connectivity index (χ4n) is 2.23. The Kier molecular flexibility index (Phi) is 6.51. The maximum absolute atomic E-state index is 11.4. The van der Waals surface area contributed by atoms with Crippen molar-refractivity contribution in [2.24, 2.45) is 10.1 Å². The van der Waals surface area contributed by atoms with Gasteiger partial charge in [0.2, 0.25) is 10.0 Å². The smallest absolute Gasteiger partial charge is 0.238 e. The van der Waals surface area contributed by atoms with Gasteiger partial charge < -0.3 is 10.6 Å². The van der Waals surface area contributed by atoms with Crippen LogP contribution in [0.1, 0.15) is 28.1 Å². The first-order chi connectivity index (χ1) is 11.8. The highest BCUT2D eigenvalue weighted by Gasteiger charge is 2.08. The lowest BCUT2D eigenvalue weighted by Crippen LogP contribution is -2.36. The van der Waals surface area contributed by atoms with Crippen molar-refractivity contribution in [3.8, 4) is 0 Å². The predicted octanol–water partition coefficient (Wildman–Crippen LogP) is 1.66. The maximum Gasteiger partial charge on any atom is 0.238 e. The first-order valence-electron chi connectivity index (χ1n) is 7.86. The lowest BCUT2D eigenvalue weighted by Gasteiger charge is -2.11. The number of aromatic nitrogens is 1. The predicted molar refractivity (Wildman–Crippen MR) is 101 cm³/mol. The van der Waals surface area contributed by atoms with E-state index in [1.807, 2.05) is 26.8 Å². The van der Waals surface area contributed by atoms with Gasteiger partial charge >= 0.3 is 0 Å². The number of hydrogen-bond donors (Lipinski definition) is 3. The molecule has 0 aliphatic heterocycles. The molecule has 1 heterocycles. The van der Waals surface area contributed by atoms with Gasteiger partial charge in [-0.1, -0.05) is 12.1 Å². The van der Waals surface area contributed by atoms with E-state index in [1.54, 1.807) is 23.5 Å². The molecule has 0 atom stereocenters. The summed E-state index contributed by atoms with van der Waals surface area (Å²) in [6.07, 6.45) is 0. The molecule has 0 radical (unpaired) electrons. The molecule has 0 spiro atoms. The zero-order valence-corrected chi connectivity index (χ0v) is 16.2. The molecule has 0 fully saturated rings. The molecule has 0 saturated carbocycles. The van der Waals surface area contributed by atoms with Gasteiger partial charge in [-0.05, 0) is 38.5 Å². The molecular formula is C16H23N5O2S2. The van der Waals surface area contributed by atoms with Crippen molar-refractivity contribution in [1.82, 2.24) is 15.6 Å². The van der Waals surface area contributed by atoms with E-state index in [0.29, 0.717) is 19.0 Å². The number of guanidine groups is 1. The van der Waals surface area contributed by atoms with Crippen LogP contribution in [0.4, 0.5) is 0 Å². The van der Waals surface area contributed by atoms with Gasteiger partial charge in [0.05, 0.1) is 28.7 Å². The van der Waals surface area contributed by atoms with Crippen LogP contribution < -0.4 is 15.8 Å². The van der Waals surface area contributed by atoms with Crippen LogP contribution in [0.15, 0.2) is 34.2 Å². The van der Waals surface area contributed by atoms with Crippen molar-refractivity contribution in [2.75, 3.05) is 6.54 Å². The normalized spacial score (nSPS) is 12.2. The van der Waals surface area contributed by atoms with Crippen molar-refractivity contribution in [1.29, 1.82) is 0 Å². The Morgan fingerprint density at radius 1 is 1.32 bits per heavy atom. The van der Waals surface area contributed by atoms with Crippen LogP contribution in [0.3, 0.4) is 0 Å². The molecule has 25 heavy (non-hydrogen) atoms. The molecule has 0 aliphatic rings. The molecule has 4 N–H and O–H groups in total. The highest BCUT2D eigenvalue weighted by atomic mass is 32.2. The molecule has 0 saturated heterocycles. The average molecular weight is 382 g/mol. The van der Waals surface area contributed by atoms with Gasteiger partial charge in [0, 0.05) is 11.4 Å². The molecule has 2 aromatic rings. The number of sulfonamides is 1. The molecule has 2 rings (SSSR count). The first-order valence-corrected chi connectivity index (χ1v) is 10.2. The maximum atomic E-state index is 11.4. The first kappa shape index (κ1) is 19.4. The molecular weight excluding hydrogens is 358 g/mol. The zero-order chi connectivity index (χ0) is 18.4. The summed E-state index contributed by atoms with van der Waals surface area (Å²) in [5.41, 5.74) is 1.79. The number of nitrogens with one attached hydrogen (secondary N) is 2. The molecule has 0 unspecified atom stereocenters. The highest BCUT2D eigenvalue weighted by Crippen LogP contribution is 2.16. The number of primary sulfonamides is 1. The quantitative estimate of drug-likeness (QED) is 0.521. The van der Waals surface area contributed by atoms with Crippen molar-refractivity contribution >= 4 is 27.3 Å². The number of nitrogens with two attached hydrogens (primary N) is 1. The van der Waals surface area contributed by atoms with Crippen molar-refractivity contribution in [3.63, 3.8) is 0 Å². The SMILES string of the molecule is CCNC(=NCc1cccc(S(N)(=O)=O)c1)NCc1sc(C)nc1C. The third kappa shape index (κ3) is 5.80. The molecule has 7 nitrogen and oxygen atoms in total. The minimum absolute atomic E-state index is 0.0916. The Balaban J connectivity index is 2.08. The Hall–Kier alpha value is -1.97. The highest BCUT2D eigenvalue weighted by molar-refractivity contribution is 7.89. The van der Waals surface area contributed by atoms with Crippen LogP contribution in [-0.4, -0.2) is 25.9 Å². The second-order valence-electron chi connectivity index (χ2n) is 5.48. The number of aliphatic imine (C=N–C) groups is 1. The van der Waals surface area contributed by atoms with Crippen molar-refractivity contribution in [2.45, 2.75) is 38.8 Å². The van der Waals surface area contributed by atoms with Crippen molar-refractivity contribution < 1.29 is 8.42 Å². The zero-order valence-electron chi connectivity index (χ0n) is 14.5. The number of rotatable bonds is 6. The average Bonchev–Trinajstić information content (AvgIpc) is 2.87. The van der Waals surface area contributed by atoms with Crippen LogP contribution >= 0.6 is 11.3 Å². The van der Waals surface area contributed by atoms with Gasteiger partial charge in [-0.25, -0.2) is 23.5 Å². The second-order valence-corrected chi connectivity index (χ2v) is 8.33. The molecule has 0 bridgehead atoms. The standard InChI is InChI=1S/C16H23N5O2S2/c1-4-18-16(20-10-15-11(2)21-12(3)24-15)19-9-13-6-5-7-14(8-13)25(17,22)23/h5-8H,4,9-10H2,1-3H3,(H2,17,22,23)(H2,18,19,20). The van der Waals surface area contributed by atoms with Crippen LogP contribution in [0.5, 0.6) is 0 Å². The van der Waals surface area contributed by atoms with E-state index < -0.39 is 10.0 Å². The Morgan fingerprint density at radius 3 is 2.68 bits per heavy atom. The van der Waals surface area contributed by atoms with Gasteiger partial charge in [-0.2, -0.15) is 0 Å². The fraction of sp³-hybridized carbons (Fsp3) is 0.375.